The van der Waals surface area contributed by atoms with Crippen LogP contribution in [0.5, 0.6) is 17.2 Å². The molecule has 1 amide bonds. The molecule has 132 valence electrons. The van der Waals surface area contributed by atoms with E-state index >= 15 is 0 Å². The molecule has 5 heteroatoms. The first kappa shape index (κ1) is 18.4. The minimum Gasteiger partial charge on any atom is -0.497 e. The Bertz CT molecular complexity index is 697. The number of nitrogens with one attached hydrogen (secondary N) is 1. The minimum atomic E-state index is -0.594. The fraction of sp³-hybridized carbons (Fsp3) is 0.250. The molecule has 0 aliphatic heterocycles. The third-order valence-corrected chi connectivity index (χ3v) is 3.47. The molecule has 0 saturated heterocycles. The summed E-state index contributed by atoms with van der Waals surface area (Å²) in [5.41, 5.74) is 0.684. The molecule has 0 radical (unpaired) electrons. The lowest BCUT2D eigenvalue weighted by Crippen LogP contribution is -2.32. The summed E-state index contributed by atoms with van der Waals surface area (Å²) in [6.07, 6.45) is 1.63. The monoisotopic (exact) mass is 341 g/mol. The predicted octanol–water partition coefficient (Wildman–Crippen LogP) is 4.06. The van der Waals surface area contributed by atoms with E-state index in [0.717, 1.165) is 5.75 Å². The second-order valence-corrected chi connectivity index (χ2v) is 5.31. The van der Waals surface area contributed by atoms with Crippen LogP contribution in [-0.4, -0.2) is 25.7 Å². The molecule has 0 bridgehead atoms. The SMILES string of the molecule is C=CCOc1ccc(NC(=O)[C@H](CC)Oc2cccc(OC)c2)cc1. The smallest absolute Gasteiger partial charge is 0.265 e. The molecule has 0 aromatic heterocycles. The van der Waals surface area contributed by atoms with Gasteiger partial charge in [0.2, 0.25) is 0 Å². The van der Waals surface area contributed by atoms with E-state index < -0.39 is 6.10 Å². The lowest BCUT2D eigenvalue weighted by molar-refractivity contribution is -0.122. The Hall–Kier alpha value is -2.95. The fourth-order valence-electron chi connectivity index (χ4n) is 2.17. The number of anilines is 1. The maximum atomic E-state index is 12.4. The highest BCUT2D eigenvalue weighted by atomic mass is 16.5. The highest BCUT2D eigenvalue weighted by molar-refractivity contribution is 5.94. The molecule has 1 atom stereocenters. The Morgan fingerprint density at radius 3 is 2.52 bits per heavy atom. The Morgan fingerprint density at radius 2 is 1.88 bits per heavy atom. The normalized spacial score (nSPS) is 11.3. The van der Waals surface area contributed by atoms with Gasteiger partial charge in [0.25, 0.3) is 5.91 Å². The molecule has 0 saturated carbocycles. The van der Waals surface area contributed by atoms with Gasteiger partial charge < -0.3 is 19.5 Å². The van der Waals surface area contributed by atoms with E-state index in [-0.39, 0.29) is 5.91 Å². The molecule has 5 nitrogen and oxygen atoms in total. The van der Waals surface area contributed by atoms with E-state index in [1.54, 1.807) is 49.6 Å². The lowest BCUT2D eigenvalue weighted by atomic mass is 10.2. The van der Waals surface area contributed by atoms with Crippen LogP contribution in [0, 0.1) is 0 Å². The first-order valence-corrected chi connectivity index (χ1v) is 8.11. The zero-order valence-electron chi connectivity index (χ0n) is 14.5. The van der Waals surface area contributed by atoms with Crippen molar-refractivity contribution in [2.24, 2.45) is 0 Å². The number of rotatable bonds is 9. The predicted molar refractivity (Wildman–Crippen MR) is 98.5 cm³/mol. The molecule has 0 heterocycles. The van der Waals surface area contributed by atoms with Crippen LogP contribution in [0.25, 0.3) is 0 Å². The number of hydrogen-bond acceptors (Lipinski definition) is 4. The first-order valence-electron chi connectivity index (χ1n) is 8.11. The number of ether oxygens (including phenoxy) is 3. The van der Waals surface area contributed by atoms with Crippen molar-refractivity contribution in [2.75, 3.05) is 19.0 Å². The van der Waals surface area contributed by atoms with Crippen molar-refractivity contribution in [2.45, 2.75) is 19.4 Å². The van der Waals surface area contributed by atoms with Crippen LogP contribution in [0.3, 0.4) is 0 Å². The van der Waals surface area contributed by atoms with Crippen molar-refractivity contribution < 1.29 is 19.0 Å². The van der Waals surface area contributed by atoms with Crippen LogP contribution in [0.4, 0.5) is 5.69 Å². The number of hydrogen-bond donors (Lipinski definition) is 1. The quantitative estimate of drug-likeness (QED) is 0.699. The van der Waals surface area contributed by atoms with E-state index in [4.69, 9.17) is 14.2 Å². The number of methoxy groups -OCH3 is 1. The van der Waals surface area contributed by atoms with Crippen molar-refractivity contribution in [3.8, 4) is 17.2 Å². The van der Waals surface area contributed by atoms with Crippen LogP contribution >= 0.6 is 0 Å². The van der Waals surface area contributed by atoms with Gasteiger partial charge in [0.1, 0.15) is 23.9 Å². The molecule has 0 spiro atoms. The number of benzene rings is 2. The van der Waals surface area contributed by atoms with Crippen LogP contribution in [-0.2, 0) is 4.79 Å². The summed E-state index contributed by atoms with van der Waals surface area (Å²) in [4.78, 5) is 12.4. The summed E-state index contributed by atoms with van der Waals surface area (Å²) in [6, 6.07) is 14.4. The Kier molecular flexibility index (Phi) is 6.89. The summed E-state index contributed by atoms with van der Waals surface area (Å²) in [7, 11) is 1.59. The zero-order valence-corrected chi connectivity index (χ0v) is 14.5. The van der Waals surface area contributed by atoms with Gasteiger partial charge in [-0.3, -0.25) is 4.79 Å². The number of carbonyl (C=O) groups excluding carboxylic acids is 1. The Balaban J connectivity index is 1.98. The maximum absolute atomic E-state index is 12.4. The highest BCUT2D eigenvalue weighted by Gasteiger charge is 2.18. The number of carbonyl (C=O) groups is 1. The zero-order chi connectivity index (χ0) is 18.1. The lowest BCUT2D eigenvalue weighted by Gasteiger charge is -2.18. The molecular weight excluding hydrogens is 318 g/mol. The van der Waals surface area contributed by atoms with Crippen molar-refractivity contribution in [3.05, 3.63) is 61.2 Å². The van der Waals surface area contributed by atoms with Crippen molar-refractivity contribution >= 4 is 11.6 Å². The van der Waals surface area contributed by atoms with Gasteiger partial charge in [-0.25, -0.2) is 0 Å². The highest BCUT2D eigenvalue weighted by Crippen LogP contribution is 2.21. The summed E-state index contributed by atoms with van der Waals surface area (Å²) >= 11 is 0. The molecule has 2 rings (SSSR count). The molecule has 0 unspecified atom stereocenters. The van der Waals surface area contributed by atoms with Crippen LogP contribution in [0.1, 0.15) is 13.3 Å². The molecular formula is C20H23NO4. The average molecular weight is 341 g/mol. The molecule has 0 aliphatic carbocycles. The van der Waals surface area contributed by atoms with Gasteiger partial charge in [-0.1, -0.05) is 25.6 Å². The van der Waals surface area contributed by atoms with Crippen molar-refractivity contribution in [1.29, 1.82) is 0 Å². The van der Waals surface area contributed by atoms with E-state index in [9.17, 15) is 4.79 Å². The summed E-state index contributed by atoms with van der Waals surface area (Å²) in [5, 5.41) is 2.85. The summed E-state index contributed by atoms with van der Waals surface area (Å²) in [5.74, 6) is 1.79. The Morgan fingerprint density at radius 1 is 1.16 bits per heavy atom. The third kappa shape index (κ3) is 5.57. The second-order valence-electron chi connectivity index (χ2n) is 5.31. The summed E-state index contributed by atoms with van der Waals surface area (Å²) < 4.78 is 16.4. The van der Waals surface area contributed by atoms with Crippen molar-refractivity contribution in [1.82, 2.24) is 0 Å². The topological polar surface area (TPSA) is 56.8 Å². The third-order valence-electron chi connectivity index (χ3n) is 3.47. The first-order chi connectivity index (χ1) is 12.2. The van der Waals surface area contributed by atoms with Crippen molar-refractivity contribution in [3.63, 3.8) is 0 Å². The largest absolute Gasteiger partial charge is 0.497 e. The van der Waals surface area contributed by atoms with E-state index in [2.05, 4.69) is 11.9 Å². The van der Waals surface area contributed by atoms with Crippen LogP contribution < -0.4 is 19.5 Å². The van der Waals surface area contributed by atoms with Gasteiger partial charge in [-0.15, -0.1) is 0 Å². The number of amides is 1. The maximum Gasteiger partial charge on any atom is 0.265 e. The van der Waals surface area contributed by atoms with Gasteiger partial charge in [0, 0.05) is 11.8 Å². The van der Waals surface area contributed by atoms with E-state index in [1.165, 1.54) is 0 Å². The molecule has 2 aromatic carbocycles. The molecule has 0 aliphatic rings. The van der Waals surface area contributed by atoms with Gasteiger partial charge >= 0.3 is 0 Å². The van der Waals surface area contributed by atoms with Crippen LogP contribution in [0.2, 0.25) is 0 Å². The molecule has 1 N–H and O–H groups in total. The average Bonchev–Trinajstić information content (AvgIpc) is 2.65. The van der Waals surface area contributed by atoms with Gasteiger partial charge in [-0.2, -0.15) is 0 Å². The molecule has 25 heavy (non-hydrogen) atoms. The fourth-order valence-corrected chi connectivity index (χ4v) is 2.17. The standard InChI is InChI=1S/C20H23NO4/c1-4-13-24-16-11-9-15(10-12-16)21-20(22)19(5-2)25-18-8-6-7-17(14-18)23-3/h4,6-12,14,19H,1,5,13H2,2-3H3,(H,21,22)/t19-/m0/s1. The Labute approximate surface area is 148 Å². The van der Waals surface area contributed by atoms with Crippen LogP contribution in [0.15, 0.2) is 61.2 Å². The summed E-state index contributed by atoms with van der Waals surface area (Å²) in [6.45, 7) is 5.94. The second kappa shape index (κ2) is 9.37. The van der Waals surface area contributed by atoms with E-state index in [1.807, 2.05) is 19.1 Å². The van der Waals surface area contributed by atoms with Gasteiger partial charge in [-0.05, 0) is 42.8 Å². The van der Waals surface area contributed by atoms with E-state index in [0.29, 0.717) is 30.2 Å². The van der Waals surface area contributed by atoms with Gasteiger partial charge in [0.15, 0.2) is 6.10 Å². The van der Waals surface area contributed by atoms with Gasteiger partial charge in [0.05, 0.1) is 7.11 Å². The molecule has 0 fully saturated rings. The minimum absolute atomic E-state index is 0.204. The molecule has 2 aromatic rings.